The molecule has 5 heteroatoms. The van der Waals surface area contributed by atoms with Crippen molar-refractivity contribution in [1.82, 2.24) is 9.80 Å². The average molecular weight is 295 g/mol. The first-order valence-corrected chi connectivity index (χ1v) is 7.68. The predicted molar refractivity (Wildman–Crippen MR) is 84.9 cm³/mol. The molecule has 0 aliphatic carbocycles. The Hall–Kier alpha value is -1.33. The van der Waals surface area contributed by atoms with Gasteiger partial charge in [0.2, 0.25) is 5.91 Å². The molecule has 21 heavy (non-hydrogen) atoms. The highest BCUT2D eigenvalue weighted by molar-refractivity contribution is 5.81. The van der Waals surface area contributed by atoms with E-state index < -0.39 is 6.04 Å². The van der Waals surface area contributed by atoms with E-state index in [0.29, 0.717) is 13.1 Å². The minimum atomic E-state index is -0.414. The van der Waals surface area contributed by atoms with Gasteiger partial charge in [-0.3, -0.25) is 4.79 Å². The molecule has 1 heterocycles. The summed E-state index contributed by atoms with van der Waals surface area (Å²) in [5.74, 6) is 1.68. The highest BCUT2D eigenvalue weighted by Gasteiger charge is 2.21. The van der Waals surface area contributed by atoms with Gasteiger partial charge in [0.15, 0.2) is 0 Å². The Balaban J connectivity index is 2.68. The van der Waals surface area contributed by atoms with Crippen molar-refractivity contribution in [3.63, 3.8) is 0 Å². The minimum Gasteiger partial charge on any atom is -0.464 e. The van der Waals surface area contributed by atoms with Crippen molar-refractivity contribution in [2.24, 2.45) is 5.73 Å². The molecule has 1 rings (SSSR count). The van der Waals surface area contributed by atoms with Gasteiger partial charge in [-0.1, -0.05) is 19.8 Å². The zero-order valence-corrected chi connectivity index (χ0v) is 13.8. The van der Waals surface area contributed by atoms with Crippen molar-refractivity contribution in [2.45, 2.75) is 45.7 Å². The zero-order valence-electron chi connectivity index (χ0n) is 13.8. The van der Waals surface area contributed by atoms with E-state index in [1.54, 1.807) is 4.90 Å². The highest BCUT2D eigenvalue weighted by Crippen LogP contribution is 2.11. The maximum atomic E-state index is 12.5. The molecular formula is C16H29N3O2. The van der Waals surface area contributed by atoms with Crippen molar-refractivity contribution < 1.29 is 9.21 Å². The maximum Gasteiger partial charge on any atom is 0.239 e. The molecule has 0 aliphatic rings. The number of aryl methyl sites for hydroxylation is 1. The van der Waals surface area contributed by atoms with E-state index in [0.717, 1.165) is 37.3 Å². The molecule has 0 saturated carbocycles. The largest absolute Gasteiger partial charge is 0.464 e. The molecule has 0 unspecified atom stereocenters. The van der Waals surface area contributed by atoms with Crippen molar-refractivity contribution >= 4 is 5.91 Å². The lowest BCUT2D eigenvalue weighted by Gasteiger charge is -2.26. The second-order valence-electron chi connectivity index (χ2n) is 5.82. The number of hydrogen-bond acceptors (Lipinski definition) is 4. The summed E-state index contributed by atoms with van der Waals surface area (Å²) in [6, 6.07) is 3.42. The molecule has 1 aromatic heterocycles. The molecule has 2 N–H and O–H groups in total. The Labute approximate surface area is 128 Å². The van der Waals surface area contributed by atoms with Gasteiger partial charge in [-0.05, 0) is 39.6 Å². The van der Waals surface area contributed by atoms with Gasteiger partial charge in [0, 0.05) is 13.1 Å². The van der Waals surface area contributed by atoms with Gasteiger partial charge in [0.25, 0.3) is 0 Å². The fourth-order valence-corrected chi connectivity index (χ4v) is 2.13. The fourth-order valence-electron chi connectivity index (χ4n) is 2.13. The van der Waals surface area contributed by atoms with E-state index in [2.05, 4.69) is 11.8 Å². The summed E-state index contributed by atoms with van der Waals surface area (Å²) >= 11 is 0. The van der Waals surface area contributed by atoms with Crippen molar-refractivity contribution in [3.8, 4) is 0 Å². The van der Waals surface area contributed by atoms with Gasteiger partial charge in [-0.2, -0.15) is 0 Å². The number of likely N-dealkylation sites (N-methyl/N-ethyl adjacent to an activating group) is 1. The smallest absolute Gasteiger partial charge is 0.239 e. The number of amides is 1. The molecule has 0 bridgehead atoms. The molecule has 1 aromatic rings. The lowest BCUT2D eigenvalue weighted by atomic mass is 10.1. The number of rotatable bonds is 9. The first-order chi connectivity index (χ1) is 9.93. The number of nitrogens with zero attached hydrogens (tertiary/aromatic N) is 2. The van der Waals surface area contributed by atoms with Crippen molar-refractivity contribution in [2.75, 3.05) is 27.2 Å². The third-order valence-electron chi connectivity index (χ3n) is 3.46. The molecule has 0 radical (unpaired) electrons. The van der Waals surface area contributed by atoms with Crippen LogP contribution in [0.3, 0.4) is 0 Å². The molecular weight excluding hydrogens is 266 g/mol. The van der Waals surface area contributed by atoms with Crippen LogP contribution in [-0.2, 0) is 11.3 Å². The third-order valence-corrected chi connectivity index (χ3v) is 3.46. The first kappa shape index (κ1) is 17.7. The summed E-state index contributed by atoms with van der Waals surface area (Å²) in [6.07, 6.45) is 2.77. The number of carbonyl (C=O) groups excluding carboxylic acids is 1. The van der Waals surface area contributed by atoms with Gasteiger partial charge >= 0.3 is 0 Å². The van der Waals surface area contributed by atoms with Crippen LogP contribution in [0.2, 0.25) is 0 Å². The standard InChI is InChI=1S/C16H29N3O2/c1-5-6-7-15(17)16(20)19(11-10-18(3)4)12-14-9-8-13(2)21-14/h8-9,15H,5-7,10-12,17H2,1-4H3/t15-/m0/s1. The Bertz CT molecular complexity index is 429. The third kappa shape index (κ3) is 6.31. The Kier molecular flexibility index (Phi) is 7.47. The van der Waals surface area contributed by atoms with Gasteiger partial charge in [-0.15, -0.1) is 0 Å². The van der Waals surface area contributed by atoms with Crippen LogP contribution in [0.25, 0.3) is 0 Å². The second kappa shape index (κ2) is 8.85. The highest BCUT2D eigenvalue weighted by atomic mass is 16.3. The predicted octanol–water partition coefficient (Wildman–Crippen LogP) is 2.00. The van der Waals surface area contributed by atoms with Crippen LogP contribution in [-0.4, -0.2) is 48.9 Å². The lowest BCUT2D eigenvalue weighted by molar-refractivity contribution is -0.133. The van der Waals surface area contributed by atoms with E-state index in [1.807, 2.05) is 33.2 Å². The summed E-state index contributed by atoms with van der Waals surface area (Å²) in [6.45, 7) is 5.97. The van der Waals surface area contributed by atoms with Crippen molar-refractivity contribution in [3.05, 3.63) is 23.7 Å². The van der Waals surface area contributed by atoms with E-state index in [4.69, 9.17) is 10.2 Å². The summed E-state index contributed by atoms with van der Waals surface area (Å²) in [5.41, 5.74) is 6.03. The van der Waals surface area contributed by atoms with Crippen molar-refractivity contribution in [1.29, 1.82) is 0 Å². The SMILES string of the molecule is CCCC[C@H](N)C(=O)N(CCN(C)C)Cc1ccc(C)o1. The van der Waals surface area contributed by atoms with Crippen LogP contribution in [0.15, 0.2) is 16.5 Å². The van der Waals surface area contributed by atoms with Crippen LogP contribution in [0.5, 0.6) is 0 Å². The quantitative estimate of drug-likeness (QED) is 0.757. The summed E-state index contributed by atoms with van der Waals surface area (Å²) < 4.78 is 5.58. The van der Waals surface area contributed by atoms with E-state index in [1.165, 1.54) is 0 Å². The molecule has 0 saturated heterocycles. The van der Waals surface area contributed by atoms with E-state index in [9.17, 15) is 4.79 Å². The molecule has 1 atom stereocenters. The van der Waals surface area contributed by atoms with Crippen LogP contribution in [0.4, 0.5) is 0 Å². The average Bonchev–Trinajstić information content (AvgIpc) is 2.85. The summed E-state index contributed by atoms with van der Waals surface area (Å²) in [4.78, 5) is 16.4. The Morgan fingerprint density at radius 3 is 2.57 bits per heavy atom. The monoisotopic (exact) mass is 295 g/mol. The van der Waals surface area contributed by atoms with E-state index >= 15 is 0 Å². The molecule has 5 nitrogen and oxygen atoms in total. The second-order valence-corrected chi connectivity index (χ2v) is 5.82. The molecule has 0 fully saturated rings. The normalized spacial score (nSPS) is 12.7. The van der Waals surface area contributed by atoms with Gasteiger partial charge in [0.05, 0.1) is 12.6 Å². The summed E-state index contributed by atoms with van der Waals surface area (Å²) in [5, 5.41) is 0. The number of furan rings is 1. The number of nitrogens with two attached hydrogens (primary N) is 1. The van der Waals surface area contributed by atoms with Crippen LogP contribution in [0, 0.1) is 6.92 Å². The Morgan fingerprint density at radius 2 is 2.05 bits per heavy atom. The maximum absolute atomic E-state index is 12.5. The first-order valence-electron chi connectivity index (χ1n) is 7.68. The fraction of sp³-hybridized carbons (Fsp3) is 0.688. The zero-order chi connectivity index (χ0) is 15.8. The lowest BCUT2D eigenvalue weighted by Crippen LogP contribution is -2.45. The molecule has 1 amide bonds. The van der Waals surface area contributed by atoms with Crippen LogP contribution < -0.4 is 5.73 Å². The Morgan fingerprint density at radius 1 is 1.33 bits per heavy atom. The van der Waals surface area contributed by atoms with E-state index in [-0.39, 0.29) is 5.91 Å². The van der Waals surface area contributed by atoms with Gasteiger partial charge in [0.1, 0.15) is 11.5 Å². The molecule has 0 aliphatic heterocycles. The summed E-state index contributed by atoms with van der Waals surface area (Å²) in [7, 11) is 3.99. The topological polar surface area (TPSA) is 62.7 Å². The molecule has 120 valence electrons. The van der Waals surface area contributed by atoms with Gasteiger partial charge < -0.3 is 20.0 Å². The number of carbonyl (C=O) groups is 1. The molecule has 0 aromatic carbocycles. The number of hydrogen-bond donors (Lipinski definition) is 1. The molecule has 0 spiro atoms. The number of unbranched alkanes of at least 4 members (excludes halogenated alkanes) is 1. The van der Waals surface area contributed by atoms with Crippen LogP contribution in [0.1, 0.15) is 37.7 Å². The van der Waals surface area contributed by atoms with Crippen LogP contribution >= 0.6 is 0 Å². The van der Waals surface area contributed by atoms with Gasteiger partial charge in [-0.25, -0.2) is 0 Å². The minimum absolute atomic E-state index is 0.0133.